The van der Waals surface area contributed by atoms with Gasteiger partial charge in [-0.3, -0.25) is 9.59 Å². The van der Waals surface area contributed by atoms with Crippen LogP contribution in [0.1, 0.15) is 12.8 Å². The van der Waals surface area contributed by atoms with Gasteiger partial charge in [0.1, 0.15) is 11.6 Å². The summed E-state index contributed by atoms with van der Waals surface area (Å²) < 4.78 is 5.29. The second-order valence-electron chi connectivity index (χ2n) is 6.62. The average molecular weight is 327 g/mol. The minimum Gasteiger partial charge on any atom is -0.480 e. The van der Waals surface area contributed by atoms with Crippen molar-refractivity contribution in [3.63, 3.8) is 0 Å². The molecule has 2 saturated heterocycles. The predicted octanol–water partition coefficient (Wildman–Crippen LogP) is -1.39. The van der Waals surface area contributed by atoms with Crippen molar-refractivity contribution < 1.29 is 24.5 Å². The number of hydrogen-bond donors (Lipinski definition) is 4. The molecule has 8 nitrogen and oxygen atoms in total. The highest BCUT2D eigenvalue weighted by molar-refractivity contribution is 6.48. The van der Waals surface area contributed by atoms with E-state index in [-0.39, 0.29) is 18.4 Å². The molecule has 2 heterocycles. The highest BCUT2D eigenvalue weighted by Crippen LogP contribution is 2.31. The molecule has 1 amide bonds. The lowest BCUT2D eigenvalue weighted by atomic mass is 9.66. The van der Waals surface area contributed by atoms with Gasteiger partial charge < -0.3 is 30.8 Å². The first-order valence-electron chi connectivity index (χ1n) is 8.15. The summed E-state index contributed by atoms with van der Waals surface area (Å²) in [5.74, 6) is -1.55. The molecule has 0 aromatic carbocycles. The van der Waals surface area contributed by atoms with Gasteiger partial charge in [0.2, 0.25) is 5.91 Å². The van der Waals surface area contributed by atoms with Gasteiger partial charge in [-0.05, 0) is 12.7 Å². The molecule has 1 unspecified atom stereocenters. The van der Waals surface area contributed by atoms with Crippen LogP contribution in [0.4, 0.5) is 0 Å². The third-order valence-electron chi connectivity index (χ3n) is 4.73. The largest absolute Gasteiger partial charge is 0.480 e. The highest BCUT2D eigenvalue weighted by atomic mass is 16.5. The SMILES string of the molecule is CB(O)CCCC1CN(C(=O)[C@@H]2COCCN2)C[C@@]1(N)C(=O)O. The Morgan fingerprint density at radius 3 is 2.83 bits per heavy atom. The zero-order valence-corrected chi connectivity index (χ0v) is 13.5. The Kier molecular flexibility index (Phi) is 6.02. The summed E-state index contributed by atoms with van der Waals surface area (Å²) in [7, 11) is 0. The first-order chi connectivity index (χ1) is 10.8. The van der Waals surface area contributed by atoms with Crippen molar-refractivity contribution in [3.8, 4) is 0 Å². The Balaban J connectivity index is 2.00. The van der Waals surface area contributed by atoms with E-state index in [0.29, 0.717) is 45.5 Å². The summed E-state index contributed by atoms with van der Waals surface area (Å²) in [6, 6.07) is -0.432. The van der Waals surface area contributed by atoms with E-state index in [0.717, 1.165) is 0 Å². The van der Waals surface area contributed by atoms with Gasteiger partial charge in [-0.15, -0.1) is 0 Å². The number of nitrogens with one attached hydrogen (secondary N) is 1. The van der Waals surface area contributed by atoms with E-state index in [9.17, 15) is 19.7 Å². The number of rotatable bonds is 6. The minimum atomic E-state index is -1.43. The summed E-state index contributed by atoms with van der Waals surface area (Å²) in [6.45, 7) is 3.10. The number of carbonyl (C=O) groups excluding carboxylic acids is 1. The molecule has 0 bridgehead atoms. The van der Waals surface area contributed by atoms with Crippen LogP contribution in [0.25, 0.3) is 0 Å². The molecule has 5 N–H and O–H groups in total. The van der Waals surface area contributed by atoms with Crippen LogP contribution in [-0.4, -0.2) is 78.3 Å². The monoisotopic (exact) mass is 327 g/mol. The second-order valence-corrected chi connectivity index (χ2v) is 6.62. The summed E-state index contributed by atoms with van der Waals surface area (Å²) in [6.07, 6.45) is 1.85. The van der Waals surface area contributed by atoms with Crippen LogP contribution in [0.2, 0.25) is 13.1 Å². The fraction of sp³-hybridized carbons (Fsp3) is 0.857. The Bertz CT molecular complexity index is 444. The number of ether oxygens (including phenoxy) is 1. The van der Waals surface area contributed by atoms with Crippen molar-refractivity contribution in [2.75, 3.05) is 32.8 Å². The molecule has 2 rings (SSSR count). The predicted molar refractivity (Wildman–Crippen MR) is 85.1 cm³/mol. The molecule has 2 aliphatic rings. The molecule has 0 aliphatic carbocycles. The number of likely N-dealkylation sites (tertiary alicyclic amines) is 1. The lowest BCUT2D eigenvalue weighted by Gasteiger charge is -2.28. The van der Waals surface area contributed by atoms with Crippen molar-refractivity contribution in [1.29, 1.82) is 0 Å². The molecule has 3 atom stereocenters. The molecule has 2 aliphatic heterocycles. The number of aliphatic carboxylic acids is 1. The number of hydrogen-bond acceptors (Lipinski definition) is 6. The smallest absolute Gasteiger partial charge is 0.325 e. The Labute approximate surface area is 136 Å². The summed E-state index contributed by atoms with van der Waals surface area (Å²) in [5.41, 5.74) is 4.69. The normalized spacial score (nSPS) is 31.2. The zero-order valence-electron chi connectivity index (χ0n) is 13.5. The first-order valence-corrected chi connectivity index (χ1v) is 8.15. The van der Waals surface area contributed by atoms with E-state index >= 15 is 0 Å². The molecule has 2 fully saturated rings. The maximum Gasteiger partial charge on any atom is 0.325 e. The summed E-state index contributed by atoms with van der Waals surface area (Å²) in [4.78, 5) is 25.7. The molecular formula is C14H26BN3O5. The fourth-order valence-corrected chi connectivity index (χ4v) is 3.30. The van der Waals surface area contributed by atoms with Crippen LogP contribution in [0.15, 0.2) is 0 Å². The Morgan fingerprint density at radius 1 is 1.52 bits per heavy atom. The van der Waals surface area contributed by atoms with Crippen LogP contribution >= 0.6 is 0 Å². The van der Waals surface area contributed by atoms with Crippen LogP contribution in [0, 0.1) is 5.92 Å². The lowest BCUT2D eigenvalue weighted by Crippen LogP contribution is -2.56. The maximum atomic E-state index is 12.5. The van der Waals surface area contributed by atoms with Crippen LogP contribution in [-0.2, 0) is 14.3 Å². The quantitative estimate of drug-likeness (QED) is 0.443. The van der Waals surface area contributed by atoms with Crippen molar-refractivity contribution in [1.82, 2.24) is 10.2 Å². The molecule has 9 heteroatoms. The number of nitrogens with zero attached hydrogens (tertiary/aromatic N) is 1. The van der Waals surface area contributed by atoms with Gasteiger partial charge in [-0.2, -0.15) is 0 Å². The molecule has 0 radical (unpaired) electrons. The van der Waals surface area contributed by atoms with Gasteiger partial charge in [-0.25, -0.2) is 0 Å². The van der Waals surface area contributed by atoms with Gasteiger partial charge in [0.05, 0.1) is 13.2 Å². The van der Waals surface area contributed by atoms with Crippen molar-refractivity contribution in [2.45, 2.75) is 37.6 Å². The van der Waals surface area contributed by atoms with E-state index in [1.807, 2.05) is 0 Å². The summed E-state index contributed by atoms with van der Waals surface area (Å²) >= 11 is 0. The number of carboxylic acid groups (broad SMARTS) is 1. The van der Waals surface area contributed by atoms with Gasteiger partial charge in [-0.1, -0.05) is 13.2 Å². The molecular weight excluding hydrogens is 301 g/mol. The van der Waals surface area contributed by atoms with Crippen LogP contribution < -0.4 is 11.1 Å². The van der Waals surface area contributed by atoms with E-state index in [2.05, 4.69) is 5.32 Å². The van der Waals surface area contributed by atoms with Gasteiger partial charge in [0.15, 0.2) is 0 Å². The minimum absolute atomic E-state index is 0.0126. The van der Waals surface area contributed by atoms with Gasteiger partial charge in [0.25, 0.3) is 6.92 Å². The maximum absolute atomic E-state index is 12.5. The van der Waals surface area contributed by atoms with Crippen molar-refractivity contribution in [3.05, 3.63) is 0 Å². The van der Waals surface area contributed by atoms with E-state index in [1.54, 1.807) is 6.82 Å². The second kappa shape index (κ2) is 7.61. The van der Waals surface area contributed by atoms with Crippen LogP contribution in [0.3, 0.4) is 0 Å². The number of nitrogens with two attached hydrogens (primary N) is 1. The van der Waals surface area contributed by atoms with E-state index in [1.165, 1.54) is 4.90 Å². The van der Waals surface area contributed by atoms with Crippen LogP contribution in [0.5, 0.6) is 0 Å². The average Bonchev–Trinajstić information content (AvgIpc) is 2.86. The number of carboxylic acids is 1. The topological polar surface area (TPSA) is 125 Å². The number of amides is 1. The number of morpholine rings is 1. The summed E-state index contributed by atoms with van der Waals surface area (Å²) in [5, 5.41) is 21.9. The molecule has 0 aromatic rings. The molecule has 0 aromatic heterocycles. The Hall–Kier alpha value is -1.16. The third kappa shape index (κ3) is 4.23. The van der Waals surface area contributed by atoms with Crippen molar-refractivity contribution in [2.24, 2.45) is 11.7 Å². The Morgan fingerprint density at radius 2 is 2.26 bits per heavy atom. The van der Waals surface area contributed by atoms with E-state index < -0.39 is 24.5 Å². The lowest BCUT2D eigenvalue weighted by molar-refractivity contribution is -0.144. The molecule has 23 heavy (non-hydrogen) atoms. The fourth-order valence-electron chi connectivity index (χ4n) is 3.30. The highest BCUT2D eigenvalue weighted by Gasteiger charge is 2.51. The zero-order chi connectivity index (χ0) is 17.0. The van der Waals surface area contributed by atoms with Gasteiger partial charge >= 0.3 is 5.97 Å². The third-order valence-corrected chi connectivity index (χ3v) is 4.73. The molecule has 0 saturated carbocycles. The standard InChI is InChI=1S/C14H26BN3O5/c1-15(22)4-2-3-10-7-18(9-14(10,16)13(20)21)12(19)11-8-23-6-5-17-11/h10-11,17,22H,2-9,16H2,1H3,(H,20,21)/t10?,11-,14-/m0/s1. The van der Waals surface area contributed by atoms with E-state index in [4.69, 9.17) is 10.5 Å². The molecule has 0 spiro atoms. The molecule has 130 valence electrons. The first kappa shape index (κ1) is 18.2. The van der Waals surface area contributed by atoms with Crippen molar-refractivity contribution >= 4 is 18.8 Å². The number of carbonyl (C=O) groups is 2. The van der Waals surface area contributed by atoms with Gasteiger partial charge in [0, 0.05) is 25.6 Å².